The summed E-state index contributed by atoms with van der Waals surface area (Å²) in [6, 6.07) is 53.0. The zero-order valence-electron chi connectivity index (χ0n) is 46.4. The molecule has 0 amide bonds. The van der Waals surface area contributed by atoms with E-state index in [4.69, 9.17) is 24.2 Å². The Hall–Kier alpha value is -7.15. The predicted molar refractivity (Wildman–Crippen MR) is 313 cm³/mol. The second-order valence-electron chi connectivity index (χ2n) is 24.6. The summed E-state index contributed by atoms with van der Waals surface area (Å²) in [6.07, 6.45) is 5.84. The van der Waals surface area contributed by atoms with Gasteiger partial charge in [-0.25, -0.2) is 4.98 Å². The molecule has 77 heavy (non-hydrogen) atoms. The molecule has 388 valence electrons. The predicted octanol–water partition coefficient (Wildman–Crippen LogP) is 16.0. The molecule has 0 fully saturated rings. The zero-order valence-corrected chi connectivity index (χ0v) is 48.7. The molecule has 12 rings (SSSR count). The quantitative estimate of drug-likeness (QED) is 0.112. The van der Waals surface area contributed by atoms with Crippen molar-refractivity contribution in [2.45, 2.75) is 118 Å². The largest absolute Gasteiger partial charge is 2.00 e. The van der Waals surface area contributed by atoms with E-state index in [1.54, 1.807) is 0 Å². The van der Waals surface area contributed by atoms with Gasteiger partial charge in [0.1, 0.15) is 28.8 Å². The Labute approximate surface area is 469 Å². The number of ether oxygens (including phenoxy) is 3. The second-order valence-corrected chi connectivity index (χ2v) is 24.6. The molecule has 5 heterocycles. The van der Waals surface area contributed by atoms with Gasteiger partial charge in [-0.05, 0) is 126 Å². The number of pyridine rings is 1. The van der Waals surface area contributed by atoms with Crippen LogP contribution in [0.5, 0.6) is 34.5 Å². The Bertz CT molecular complexity index is 3840. The van der Waals surface area contributed by atoms with Crippen LogP contribution in [0.1, 0.15) is 130 Å². The molecule has 0 atom stereocenters. The number of imidazole rings is 1. The van der Waals surface area contributed by atoms with E-state index >= 15 is 0 Å². The van der Waals surface area contributed by atoms with Crippen LogP contribution in [0.2, 0.25) is 0 Å². The van der Waals surface area contributed by atoms with Crippen LogP contribution in [0.3, 0.4) is 0 Å². The molecule has 0 radical (unpaired) electrons. The molecular weight excluding hydrogens is 1130 g/mol. The van der Waals surface area contributed by atoms with Crippen LogP contribution in [-0.4, -0.2) is 25.8 Å². The average molecular weight is 1190 g/mol. The van der Waals surface area contributed by atoms with E-state index in [2.05, 4.69) is 221 Å². The summed E-state index contributed by atoms with van der Waals surface area (Å²) >= 11 is 0. The van der Waals surface area contributed by atoms with Gasteiger partial charge in [0, 0.05) is 46.8 Å². The summed E-state index contributed by atoms with van der Waals surface area (Å²) < 4.78 is 25.2. The number of rotatable bonds is 8. The molecule has 9 heteroatoms. The summed E-state index contributed by atoms with van der Waals surface area (Å²) in [7, 11) is 0. The van der Waals surface area contributed by atoms with E-state index in [0.29, 0.717) is 23.3 Å². The molecule has 2 aliphatic heterocycles. The fraction of sp³-hybridized carbons (Fsp3) is 0.265. The van der Waals surface area contributed by atoms with Gasteiger partial charge in [-0.3, -0.25) is 4.98 Å². The van der Waals surface area contributed by atoms with Crippen molar-refractivity contribution >= 4 is 44.9 Å². The number of benzene rings is 7. The summed E-state index contributed by atoms with van der Waals surface area (Å²) in [5, 5.41) is 2.09. The molecule has 0 aliphatic carbocycles. The van der Waals surface area contributed by atoms with E-state index in [1.165, 1.54) is 33.5 Å². The van der Waals surface area contributed by atoms with Crippen molar-refractivity contribution in [3.05, 3.63) is 186 Å². The van der Waals surface area contributed by atoms with Crippen molar-refractivity contribution in [2.24, 2.45) is 0 Å². The Morgan fingerprint density at radius 3 is 1.75 bits per heavy atom. The van der Waals surface area contributed by atoms with Crippen LogP contribution < -0.4 is 30.6 Å². The summed E-state index contributed by atoms with van der Waals surface area (Å²) in [4.78, 5) is 9.91. The van der Waals surface area contributed by atoms with Gasteiger partial charge in [-0.15, -0.1) is 41.3 Å². The Balaban J connectivity index is 0.00000631. The fourth-order valence-corrected chi connectivity index (χ4v) is 11.2. The van der Waals surface area contributed by atoms with E-state index in [0.717, 1.165) is 89.5 Å². The molecule has 3 aromatic heterocycles. The fourth-order valence-electron chi connectivity index (χ4n) is 11.2. The van der Waals surface area contributed by atoms with Crippen molar-refractivity contribution in [3.8, 4) is 68.5 Å². The minimum absolute atomic E-state index is 0. The third kappa shape index (κ3) is 9.20. The molecule has 0 bridgehead atoms. The van der Waals surface area contributed by atoms with E-state index in [-0.39, 0.29) is 44.0 Å². The minimum Gasteiger partial charge on any atom is -0.503 e. The number of fused-ring (bicyclic) bond motifs is 7. The topological polar surface area (TPSA) is 63.3 Å². The summed E-state index contributed by atoms with van der Waals surface area (Å²) in [6.45, 7) is 29.2. The van der Waals surface area contributed by atoms with Crippen LogP contribution in [0.25, 0.3) is 55.8 Å². The number of hydrogen-bond donors (Lipinski definition) is 0. The molecular formula is C68H65BN4O3Pt. The van der Waals surface area contributed by atoms with Crippen LogP contribution in [0, 0.1) is 12.1 Å². The van der Waals surface area contributed by atoms with Gasteiger partial charge < -0.3 is 23.3 Å². The van der Waals surface area contributed by atoms with E-state index in [1.807, 2.05) is 36.7 Å². The molecule has 10 aromatic rings. The Morgan fingerprint density at radius 1 is 0.545 bits per heavy atom. The van der Waals surface area contributed by atoms with Gasteiger partial charge in [0.2, 0.25) is 0 Å². The summed E-state index contributed by atoms with van der Waals surface area (Å²) in [5.41, 5.74) is 15.3. The first-order valence-corrected chi connectivity index (χ1v) is 26.9. The number of nitrogens with zero attached hydrogens (tertiary/aromatic N) is 4. The van der Waals surface area contributed by atoms with Gasteiger partial charge in [0.25, 0.3) is 6.71 Å². The normalized spacial score (nSPS) is 13.1. The van der Waals surface area contributed by atoms with Crippen LogP contribution in [0.4, 0.5) is 0 Å². The zero-order chi connectivity index (χ0) is 53.2. The first-order chi connectivity index (χ1) is 36.2. The van der Waals surface area contributed by atoms with Crippen LogP contribution in [-0.2, 0) is 37.3 Å². The van der Waals surface area contributed by atoms with E-state index in [9.17, 15) is 0 Å². The molecule has 0 unspecified atom stereocenters. The number of hydrogen-bond acceptors (Lipinski definition) is 5. The van der Waals surface area contributed by atoms with Crippen LogP contribution in [0.15, 0.2) is 146 Å². The van der Waals surface area contributed by atoms with Gasteiger partial charge in [-0.1, -0.05) is 156 Å². The van der Waals surface area contributed by atoms with Crippen molar-refractivity contribution in [2.75, 3.05) is 0 Å². The minimum atomic E-state index is -0.0933. The smallest absolute Gasteiger partial charge is 0.503 e. The average Bonchev–Trinajstić information content (AvgIpc) is 4.02. The molecule has 0 spiro atoms. The van der Waals surface area contributed by atoms with Gasteiger partial charge in [-0.2, -0.15) is 6.07 Å². The standard InChI is InChI=1S/C68H65BN4O3.Pt/c1-40(2)50-18-15-19-51(41(3)4)64(50)72-31-30-71-65(72)43-16-14-17-48(32-43)74-49-23-24-52-53-33-42(20-27-56(53)73(57(52)39-49)62-38-47(28-29-70-62)68(11,12)13)44-34-60-63-61(35-44)76-59-37-46(67(8,9)10)22-26-55(59)69(63)54-25-21-45(66(5,6)7)36-58(54)75-60;/h14-31,33-38,40-41H,1-13H3;/q-2;+2. The molecule has 7 nitrogen and oxygen atoms in total. The van der Waals surface area contributed by atoms with Crippen molar-refractivity contribution in [1.82, 2.24) is 19.1 Å². The third-order valence-electron chi connectivity index (χ3n) is 15.5. The molecule has 0 saturated carbocycles. The van der Waals surface area contributed by atoms with Gasteiger partial charge in [0.05, 0.1) is 5.82 Å². The molecule has 0 N–H and O–H groups in total. The van der Waals surface area contributed by atoms with Gasteiger partial charge >= 0.3 is 21.1 Å². The molecule has 7 aromatic carbocycles. The molecule has 2 aliphatic rings. The maximum Gasteiger partial charge on any atom is 2.00 e. The van der Waals surface area contributed by atoms with Gasteiger partial charge in [0.15, 0.2) is 0 Å². The Kier molecular flexibility index (Phi) is 12.9. The van der Waals surface area contributed by atoms with E-state index < -0.39 is 0 Å². The monoisotopic (exact) mass is 1190 g/mol. The molecule has 0 saturated heterocycles. The maximum atomic E-state index is 7.00. The van der Waals surface area contributed by atoms with Crippen molar-refractivity contribution < 1.29 is 35.3 Å². The van der Waals surface area contributed by atoms with Crippen LogP contribution >= 0.6 is 0 Å². The number of para-hydroxylation sites is 1. The first-order valence-electron chi connectivity index (χ1n) is 26.9. The number of aromatic nitrogens is 4. The Morgan fingerprint density at radius 2 is 1.14 bits per heavy atom. The maximum absolute atomic E-state index is 7.00. The third-order valence-corrected chi connectivity index (χ3v) is 15.5. The SMILES string of the molecule is CC(C)c1cccc(C(C)C)c1-n1ccnc1-c1[c-]c(Oc2[c-]c3c(cc2)c2cc(-c4cc5c6c(c4)Oc4cc(C(C)(C)C)ccc4B6c4ccc(C(C)(C)C)cc4O5)ccc2n3-c2cc(C(C)(C)C)ccn2)ccc1.[Pt+2]. The summed E-state index contributed by atoms with van der Waals surface area (Å²) in [5.74, 6) is 6.82. The van der Waals surface area contributed by atoms with Crippen molar-refractivity contribution in [1.29, 1.82) is 0 Å². The van der Waals surface area contributed by atoms with Crippen molar-refractivity contribution in [3.63, 3.8) is 0 Å². The first kappa shape index (κ1) is 51.9. The second kappa shape index (κ2) is 19.1.